The maximum atomic E-state index is 3.52. The molecule has 0 unspecified atom stereocenters. The molecule has 0 radical (unpaired) electrons. The van der Waals surface area contributed by atoms with Crippen molar-refractivity contribution in [3.8, 4) is 0 Å². The molecule has 0 bridgehead atoms. The van der Waals surface area contributed by atoms with Crippen molar-refractivity contribution >= 4 is 0 Å². The minimum atomic E-state index is 0.382. The van der Waals surface area contributed by atoms with E-state index in [1.165, 1.54) is 19.5 Å². The van der Waals surface area contributed by atoms with Crippen LogP contribution in [0, 0.1) is 0 Å². The number of hydrogen-bond donors (Lipinski definition) is 1. The predicted molar refractivity (Wildman–Crippen MR) is 46.7 cm³/mol. The molecule has 0 aromatic heterocycles. The van der Waals surface area contributed by atoms with E-state index >= 15 is 0 Å². The quantitative estimate of drug-likeness (QED) is 0.556. The molecule has 2 heteroatoms. The van der Waals surface area contributed by atoms with E-state index in [0.717, 1.165) is 12.1 Å². The van der Waals surface area contributed by atoms with Crippen LogP contribution in [-0.2, 0) is 0 Å². The zero-order valence-electron chi connectivity index (χ0n) is 7.72. The highest BCUT2D eigenvalue weighted by atomic mass is 15.3. The third kappa shape index (κ3) is 1.09. The van der Waals surface area contributed by atoms with Crippen LogP contribution in [-0.4, -0.2) is 35.6 Å². The van der Waals surface area contributed by atoms with Gasteiger partial charge in [0.05, 0.1) is 0 Å². The summed E-state index contributed by atoms with van der Waals surface area (Å²) >= 11 is 0. The lowest BCUT2D eigenvalue weighted by Gasteiger charge is -2.51. The van der Waals surface area contributed by atoms with E-state index in [-0.39, 0.29) is 0 Å². The second kappa shape index (κ2) is 2.20. The second-order valence-electron chi connectivity index (χ2n) is 4.74. The first-order valence-electron chi connectivity index (χ1n) is 4.59. The van der Waals surface area contributed by atoms with Gasteiger partial charge >= 0.3 is 0 Å². The Hall–Kier alpha value is -0.0800. The molecule has 2 nitrogen and oxygen atoms in total. The minimum Gasteiger partial charge on any atom is -0.311 e. The first-order valence-corrected chi connectivity index (χ1v) is 4.59. The summed E-state index contributed by atoms with van der Waals surface area (Å²) in [5, 5.41) is 3.52. The van der Waals surface area contributed by atoms with Crippen LogP contribution in [0.5, 0.6) is 0 Å². The average Bonchev–Trinajstić information content (AvgIpc) is 2.08. The Morgan fingerprint density at radius 2 is 2.09 bits per heavy atom. The lowest BCUT2D eigenvalue weighted by molar-refractivity contribution is -0.00946. The molecule has 0 saturated carbocycles. The zero-order valence-corrected chi connectivity index (χ0v) is 7.72. The summed E-state index contributed by atoms with van der Waals surface area (Å²) in [6.45, 7) is 9.40. The first-order chi connectivity index (χ1) is 5.09. The number of hydrogen-bond acceptors (Lipinski definition) is 2. The standard InChI is InChI=1S/C9H18N2/c1-9(2,3)11-6-7-8(11)4-5-10-7/h7-8,10H,4-6H2,1-3H3/t7-,8-/m1/s1. The van der Waals surface area contributed by atoms with Crippen LogP contribution in [0.25, 0.3) is 0 Å². The highest BCUT2D eigenvalue weighted by Crippen LogP contribution is 2.32. The van der Waals surface area contributed by atoms with Crippen molar-refractivity contribution in [1.82, 2.24) is 10.2 Å². The molecule has 2 heterocycles. The Balaban J connectivity index is 2.00. The Labute approximate surface area is 69.0 Å². The highest BCUT2D eigenvalue weighted by Gasteiger charge is 2.46. The van der Waals surface area contributed by atoms with Gasteiger partial charge in [0.2, 0.25) is 0 Å². The van der Waals surface area contributed by atoms with Gasteiger partial charge in [0, 0.05) is 24.2 Å². The molecular weight excluding hydrogens is 136 g/mol. The van der Waals surface area contributed by atoms with Crippen molar-refractivity contribution in [2.45, 2.75) is 44.8 Å². The van der Waals surface area contributed by atoms with Gasteiger partial charge in [-0.15, -0.1) is 0 Å². The van der Waals surface area contributed by atoms with Crippen LogP contribution in [0.2, 0.25) is 0 Å². The van der Waals surface area contributed by atoms with E-state index in [4.69, 9.17) is 0 Å². The van der Waals surface area contributed by atoms with Crippen LogP contribution in [0.1, 0.15) is 27.2 Å². The van der Waals surface area contributed by atoms with Crippen LogP contribution < -0.4 is 5.32 Å². The molecule has 2 atom stereocenters. The lowest BCUT2D eigenvalue weighted by Crippen LogP contribution is -2.66. The summed E-state index contributed by atoms with van der Waals surface area (Å²) in [6.07, 6.45) is 1.35. The van der Waals surface area contributed by atoms with Crippen molar-refractivity contribution in [2.24, 2.45) is 0 Å². The van der Waals surface area contributed by atoms with Crippen LogP contribution >= 0.6 is 0 Å². The molecule has 1 N–H and O–H groups in total. The SMILES string of the molecule is CC(C)(C)N1C[C@H]2NCC[C@H]21. The molecule has 64 valence electrons. The molecule has 2 rings (SSSR count). The van der Waals surface area contributed by atoms with Gasteiger partial charge in [0.1, 0.15) is 0 Å². The van der Waals surface area contributed by atoms with Gasteiger partial charge in [-0.05, 0) is 33.7 Å². The fourth-order valence-corrected chi connectivity index (χ4v) is 2.29. The van der Waals surface area contributed by atoms with Crippen molar-refractivity contribution < 1.29 is 0 Å². The molecule has 0 aromatic carbocycles. The fraction of sp³-hybridized carbons (Fsp3) is 1.00. The van der Waals surface area contributed by atoms with Crippen molar-refractivity contribution in [2.75, 3.05) is 13.1 Å². The average molecular weight is 154 g/mol. The molecule has 11 heavy (non-hydrogen) atoms. The summed E-state index contributed by atoms with van der Waals surface area (Å²) in [7, 11) is 0. The fourth-order valence-electron chi connectivity index (χ4n) is 2.29. The van der Waals surface area contributed by atoms with E-state index in [9.17, 15) is 0 Å². The molecule has 0 amide bonds. The Morgan fingerprint density at radius 1 is 1.36 bits per heavy atom. The molecule has 2 aliphatic heterocycles. The Morgan fingerprint density at radius 3 is 2.64 bits per heavy atom. The number of nitrogens with one attached hydrogen (secondary N) is 1. The van der Waals surface area contributed by atoms with Crippen LogP contribution in [0.3, 0.4) is 0 Å². The largest absolute Gasteiger partial charge is 0.311 e. The van der Waals surface area contributed by atoms with E-state index in [2.05, 4.69) is 31.0 Å². The third-order valence-corrected chi connectivity index (χ3v) is 2.97. The van der Waals surface area contributed by atoms with Gasteiger partial charge in [0.25, 0.3) is 0 Å². The molecule has 2 fully saturated rings. The maximum Gasteiger partial charge on any atom is 0.0352 e. The summed E-state index contributed by atoms with van der Waals surface area (Å²) in [5.41, 5.74) is 0.382. The molecular formula is C9H18N2. The van der Waals surface area contributed by atoms with Gasteiger partial charge < -0.3 is 5.32 Å². The monoisotopic (exact) mass is 154 g/mol. The Kier molecular flexibility index (Phi) is 1.52. The van der Waals surface area contributed by atoms with Crippen LogP contribution in [0.15, 0.2) is 0 Å². The zero-order chi connectivity index (χ0) is 8.06. The van der Waals surface area contributed by atoms with Gasteiger partial charge in [-0.2, -0.15) is 0 Å². The number of nitrogens with zero attached hydrogens (tertiary/aromatic N) is 1. The minimum absolute atomic E-state index is 0.382. The first kappa shape index (κ1) is 7.56. The van der Waals surface area contributed by atoms with E-state index < -0.39 is 0 Å². The number of likely N-dealkylation sites (tertiary alicyclic amines) is 1. The second-order valence-corrected chi connectivity index (χ2v) is 4.74. The maximum absolute atomic E-state index is 3.52. The summed E-state index contributed by atoms with van der Waals surface area (Å²) in [6, 6.07) is 1.66. The Bertz CT molecular complexity index is 159. The lowest BCUT2D eigenvalue weighted by atomic mass is 9.90. The molecule has 0 spiro atoms. The summed E-state index contributed by atoms with van der Waals surface area (Å²) in [4.78, 5) is 2.61. The van der Waals surface area contributed by atoms with Gasteiger partial charge in [-0.3, -0.25) is 4.90 Å². The summed E-state index contributed by atoms with van der Waals surface area (Å²) < 4.78 is 0. The predicted octanol–water partition coefficient (Wildman–Crippen LogP) is 0.831. The van der Waals surface area contributed by atoms with Crippen LogP contribution in [0.4, 0.5) is 0 Å². The molecule has 2 saturated heterocycles. The van der Waals surface area contributed by atoms with Gasteiger partial charge in [-0.25, -0.2) is 0 Å². The number of rotatable bonds is 0. The van der Waals surface area contributed by atoms with Crippen molar-refractivity contribution in [3.63, 3.8) is 0 Å². The van der Waals surface area contributed by atoms with Gasteiger partial charge in [-0.1, -0.05) is 0 Å². The normalized spacial score (nSPS) is 38.5. The molecule has 0 aromatic rings. The molecule has 0 aliphatic carbocycles. The highest BCUT2D eigenvalue weighted by molar-refractivity contribution is 5.05. The topological polar surface area (TPSA) is 15.3 Å². The van der Waals surface area contributed by atoms with Crippen molar-refractivity contribution in [1.29, 1.82) is 0 Å². The van der Waals surface area contributed by atoms with E-state index in [1.54, 1.807) is 0 Å². The smallest absolute Gasteiger partial charge is 0.0352 e. The van der Waals surface area contributed by atoms with E-state index in [0.29, 0.717) is 5.54 Å². The van der Waals surface area contributed by atoms with Gasteiger partial charge in [0.15, 0.2) is 0 Å². The van der Waals surface area contributed by atoms with Crippen molar-refractivity contribution in [3.05, 3.63) is 0 Å². The van der Waals surface area contributed by atoms with E-state index in [1.807, 2.05) is 0 Å². The summed E-state index contributed by atoms with van der Waals surface area (Å²) in [5.74, 6) is 0. The third-order valence-electron chi connectivity index (χ3n) is 2.97. The number of fused-ring (bicyclic) bond motifs is 1. The molecule has 2 aliphatic rings.